The van der Waals surface area contributed by atoms with E-state index in [-0.39, 0.29) is 5.91 Å². The minimum atomic E-state index is 0.0970. The largest absolute Gasteiger partial charge is 0.361 e. The first kappa shape index (κ1) is 16.3. The molecule has 0 spiro atoms. The standard InChI is InChI=1S/C14H27N3OS/c1-10(2)7-12-9-19-14(17-12)15-6-5-13(18)16-8-11(3)4/h10-12H,5-9H2,1-4H3,(H,15,17)(H,16,18). The molecule has 1 heterocycles. The number of amidine groups is 1. The highest BCUT2D eigenvalue weighted by atomic mass is 32.2. The van der Waals surface area contributed by atoms with Gasteiger partial charge in [-0.05, 0) is 18.3 Å². The van der Waals surface area contributed by atoms with Crippen molar-refractivity contribution in [1.29, 1.82) is 0 Å². The van der Waals surface area contributed by atoms with E-state index in [0.717, 1.165) is 17.5 Å². The highest BCUT2D eigenvalue weighted by Crippen LogP contribution is 2.18. The first-order valence-electron chi connectivity index (χ1n) is 7.17. The number of carbonyl (C=O) groups is 1. The summed E-state index contributed by atoms with van der Waals surface area (Å²) < 4.78 is 0. The maximum absolute atomic E-state index is 11.5. The van der Waals surface area contributed by atoms with Crippen LogP contribution in [0.25, 0.3) is 0 Å². The van der Waals surface area contributed by atoms with Crippen molar-refractivity contribution in [2.75, 3.05) is 18.8 Å². The maximum Gasteiger partial charge on any atom is 0.221 e. The van der Waals surface area contributed by atoms with Crippen LogP contribution >= 0.6 is 11.8 Å². The number of rotatable bonds is 7. The number of hydrogen-bond acceptors (Lipinski definition) is 3. The van der Waals surface area contributed by atoms with E-state index in [1.165, 1.54) is 6.42 Å². The quantitative estimate of drug-likeness (QED) is 0.754. The summed E-state index contributed by atoms with van der Waals surface area (Å²) in [5.41, 5.74) is 0. The van der Waals surface area contributed by atoms with E-state index >= 15 is 0 Å². The zero-order valence-electron chi connectivity index (χ0n) is 12.5. The number of thioether (sulfide) groups is 1. The van der Waals surface area contributed by atoms with Crippen LogP contribution in [0.5, 0.6) is 0 Å². The SMILES string of the molecule is CC(C)CNC(=O)CCN=C1NC(CC(C)C)CS1. The van der Waals surface area contributed by atoms with Crippen LogP contribution in [0.4, 0.5) is 0 Å². The van der Waals surface area contributed by atoms with E-state index in [1.807, 2.05) is 0 Å². The molecule has 1 amide bonds. The highest BCUT2D eigenvalue weighted by molar-refractivity contribution is 8.14. The second kappa shape index (κ2) is 8.46. The fraction of sp³-hybridized carbons (Fsp3) is 0.857. The van der Waals surface area contributed by atoms with Gasteiger partial charge >= 0.3 is 0 Å². The number of amides is 1. The third kappa shape index (κ3) is 7.45. The van der Waals surface area contributed by atoms with Gasteiger partial charge in [0.05, 0.1) is 6.54 Å². The minimum absolute atomic E-state index is 0.0970. The molecule has 110 valence electrons. The molecule has 1 fully saturated rings. The molecule has 0 aromatic rings. The average molecular weight is 285 g/mol. The van der Waals surface area contributed by atoms with Crippen molar-refractivity contribution in [1.82, 2.24) is 10.6 Å². The van der Waals surface area contributed by atoms with Crippen LogP contribution in [0.2, 0.25) is 0 Å². The van der Waals surface area contributed by atoms with Gasteiger partial charge in [0.15, 0.2) is 5.17 Å². The van der Waals surface area contributed by atoms with Crippen molar-refractivity contribution in [2.45, 2.75) is 46.6 Å². The molecule has 0 saturated carbocycles. The molecular weight excluding hydrogens is 258 g/mol. The Morgan fingerprint density at radius 3 is 2.79 bits per heavy atom. The molecule has 1 aliphatic heterocycles. The minimum Gasteiger partial charge on any atom is -0.361 e. The number of hydrogen-bond donors (Lipinski definition) is 2. The molecule has 1 rings (SSSR count). The molecule has 1 saturated heterocycles. The van der Waals surface area contributed by atoms with Crippen LogP contribution in [0.1, 0.15) is 40.5 Å². The fourth-order valence-electron chi connectivity index (χ4n) is 1.89. The predicted molar refractivity (Wildman–Crippen MR) is 83.6 cm³/mol. The van der Waals surface area contributed by atoms with Gasteiger partial charge in [-0.25, -0.2) is 0 Å². The van der Waals surface area contributed by atoms with Crippen molar-refractivity contribution in [2.24, 2.45) is 16.8 Å². The third-order valence-electron chi connectivity index (χ3n) is 2.81. The average Bonchev–Trinajstić information content (AvgIpc) is 2.73. The van der Waals surface area contributed by atoms with E-state index in [1.54, 1.807) is 11.8 Å². The maximum atomic E-state index is 11.5. The van der Waals surface area contributed by atoms with Crippen molar-refractivity contribution < 1.29 is 4.79 Å². The van der Waals surface area contributed by atoms with Gasteiger partial charge < -0.3 is 10.6 Å². The van der Waals surface area contributed by atoms with Crippen LogP contribution in [-0.2, 0) is 4.79 Å². The van der Waals surface area contributed by atoms with E-state index in [0.29, 0.717) is 30.8 Å². The van der Waals surface area contributed by atoms with Crippen molar-refractivity contribution >= 4 is 22.8 Å². The van der Waals surface area contributed by atoms with Crippen LogP contribution in [-0.4, -0.2) is 36.0 Å². The molecule has 0 aromatic carbocycles. The van der Waals surface area contributed by atoms with Gasteiger partial charge in [0, 0.05) is 24.8 Å². The van der Waals surface area contributed by atoms with E-state index < -0.39 is 0 Å². The molecule has 1 unspecified atom stereocenters. The lowest BCUT2D eigenvalue weighted by Gasteiger charge is -2.11. The summed E-state index contributed by atoms with van der Waals surface area (Å²) in [7, 11) is 0. The Morgan fingerprint density at radius 1 is 1.42 bits per heavy atom. The van der Waals surface area contributed by atoms with Crippen LogP contribution < -0.4 is 10.6 Å². The second-order valence-corrected chi connectivity index (χ2v) is 6.93. The highest BCUT2D eigenvalue weighted by Gasteiger charge is 2.20. The molecule has 4 nitrogen and oxygen atoms in total. The topological polar surface area (TPSA) is 53.5 Å². The fourth-order valence-corrected chi connectivity index (χ4v) is 2.90. The number of nitrogens with one attached hydrogen (secondary N) is 2. The molecular formula is C14H27N3OS. The molecule has 0 bridgehead atoms. The Hall–Kier alpha value is -0.710. The molecule has 5 heteroatoms. The molecule has 1 aliphatic rings. The van der Waals surface area contributed by atoms with Crippen molar-refractivity contribution in [3.63, 3.8) is 0 Å². The van der Waals surface area contributed by atoms with Crippen molar-refractivity contribution in [3.05, 3.63) is 0 Å². The summed E-state index contributed by atoms with van der Waals surface area (Å²) in [6.45, 7) is 9.98. The Balaban J connectivity index is 2.18. The van der Waals surface area contributed by atoms with E-state index in [2.05, 4.69) is 43.3 Å². The lowest BCUT2D eigenvalue weighted by molar-refractivity contribution is -0.121. The van der Waals surface area contributed by atoms with Crippen LogP contribution in [0.3, 0.4) is 0 Å². The van der Waals surface area contributed by atoms with Gasteiger partial charge in [-0.15, -0.1) is 0 Å². The van der Waals surface area contributed by atoms with Gasteiger partial charge in [-0.2, -0.15) is 0 Å². The molecule has 0 radical (unpaired) electrons. The molecule has 0 aromatic heterocycles. The smallest absolute Gasteiger partial charge is 0.221 e. The van der Waals surface area contributed by atoms with Gasteiger partial charge in [-0.3, -0.25) is 9.79 Å². The van der Waals surface area contributed by atoms with Gasteiger partial charge in [0.2, 0.25) is 5.91 Å². The van der Waals surface area contributed by atoms with Crippen LogP contribution in [0.15, 0.2) is 4.99 Å². The molecule has 19 heavy (non-hydrogen) atoms. The lowest BCUT2D eigenvalue weighted by Crippen LogP contribution is -2.29. The molecule has 2 N–H and O–H groups in total. The summed E-state index contributed by atoms with van der Waals surface area (Å²) in [5, 5.41) is 7.34. The monoisotopic (exact) mass is 285 g/mol. The van der Waals surface area contributed by atoms with Crippen LogP contribution in [0, 0.1) is 11.8 Å². The zero-order valence-corrected chi connectivity index (χ0v) is 13.3. The normalized spacial score (nSPS) is 21.2. The summed E-state index contributed by atoms with van der Waals surface area (Å²) in [5.74, 6) is 2.40. The van der Waals surface area contributed by atoms with Crippen molar-refractivity contribution in [3.8, 4) is 0 Å². The summed E-state index contributed by atoms with van der Waals surface area (Å²) in [6.07, 6.45) is 1.66. The van der Waals surface area contributed by atoms with E-state index in [4.69, 9.17) is 0 Å². The Morgan fingerprint density at radius 2 is 2.16 bits per heavy atom. The molecule has 0 aliphatic carbocycles. The second-order valence-electron chi connectivity index (χ2n) is 5.92. The predicted octanol–water partition coefficient (Wildman–Crippen LogP) is 2.26. The number of carbonyl (C=O) groups excluding carboxylic acids is 1. The summed E-state index contributed by atoms with van der Waals surface area (Å²) in [6, 6.07) is 0.540. The Bertz CT molecular complexity index is 316. The first-order valence-corrected chi connectivity index (χ1v) is 8.16. The lowest BCUT2D eigenvalue weighted by atomic mass is 10.1. The Kier molecular flexibility index (Phi) is 7.28. The van der Waals surface area contributed by atoms with Gasteiger partial charge in [0.25, 0.3) is 0 Å². The molecule has 1 atom stereocenters. The van der Waals surface area contributed by atoms with E-state index in [9.17, 15) is 4.79 Å². The first-order chi connectivity index (χ1) is 8.97. The van der Waals surface area contributed by atoms with Gasteiger partial charge in [-0.1, -0.05) is 39.5 Å². The Labute approximate surface area is 121 Å². The summed E-state index contributed by atoms with van der Waals surface area (Å²) in [4.78, 5) is 16.0. The zero-order chi connectivity index (χ0) is 14.3. The third-order valence-corrected chi connectivity index (χ3v) is 3.90. The number of aliphatic imine (C=N–C) groups is 1. The van der Waals surface area contributed by atoms with Gasteiger partial charge in [0.1, 0.15) is 0 Å². The number of nitrogens with zero attached hydrogens (tertiary/aromatic N) is 1. The summed E-state index contributed by atoms with van der Waals surface area (Å²) >= 11 is 1.77.